The number of ether oxygens (including phenoxy) is 2. The van der Waals surface area contributed by atoms with Crippen molar-refractivity contribution < 1.29 is 14.3 Å². The summed E-state index contributed by atoms with van der Waals surface area (Å²) in [6.45, 7) is 0. The van der Waals surface area contributed by atoms with Gasteiger partial charge in [0.1, 0.15) is 0 Å². The maximum absolute atomic E-state index is 12.1. The fourth-order valence-corrected chi connectivity index (χ4v) is 3.39. The van der Waals surface area contributed by atoms with Gasteiger partial charge in [0, 0.05) is 29.6 Å². The number of amides is 1. The standard InChI is InChI=1S/C17H13Cl3INO3/c18-9-5-12(22-16(23)3-1-2-4-21)17-15(6-9)24-13-7-10(19)11(20)8-14(13)25-17/h5-8H,1-4H2,(H,22,23)/i21-2. The molecule has 4 nitrogen and oxygen atoms in total. The van der Waals surface area contributed by atoms with E-state index in [1.54, 1.807) is 24.3 Å². The number of carbonyl (C=O) groups is 1. The van der Waals surface area contributed by atoms with E-state index in [-0.39, 0.29) is 5.91 Å². The van der Waals surface area contributed by atoms with Crippen molar-refractivity contribution in [2.24, 2.45) is 0 Å². The SMILES string of the molecule is O=C(CCCC[125I])Nc1cc(Cl)cc2c1Oc1cc(Cl)c(Cl)cc1O2. The van der Waals surface area contributed by atoms with Crippen LogP contribution < -0.4 is 14.8 Å². The molecule has 1 aliphatic heterocycles. The minimum absolute atomic E-state index is 0.0992. The normalized spacial score (nSPS) is 11.8. The molecular weight excluding hydrogens is 497 g/mol. The second-order valence-electron chi connectivity index (χ2n) is 5.39. The van der Waals surface area contributed by atoms with E-state index in [0.29, 0.717) is 50.2 Å². The fourth-order valence-electron chi connectivity index (χ4n) is 2.33. The Kier molecular flexibility index (Phi) is 6.20. The maximum Gasteiger partial charge on any atom is 0.224 e. The van der Waals surface area contributed by atoms with Crippen molar-refractivity contribution in [3.63, 3.8) is 0 Å². The van der Waals surface area contributed by atoms with Crippen molar-refractivity contribution in [3.05, 3.63) is 39.3 Å². The first-order valence-corrected chi connectivity index (χ1v) is 10.2. The van der Waals surface area contributed by atoms with Gasteiger partial charge in [-0.3, -0.25) is 4.79 Å². The molecule has 0 atom stereocenters. The van der Waals surface area contributed by atoms with Gasteiger partial charge in [-0.2, -0.15) is 0 Å². The number of rotatable bonds is 5. The molecule has 132 valence electrons. The van der Waals surface area contributed by atoms with Crippen molar-refractivity contribution in [1.29, 1.82) is 0 Å². The monoisotopic (exact) mass is 509 g/mol. The van der Waals surface area contributed by atoms with Gasteiger partial charge in [-0.25, -0.2) is 0 Å². The van der Waals surface area contributed by atoms with Crippen LogP contribution in [0.3, 0.4) is 0 Å². The van der Waals surface area contributed by atoms with E-state index >= 15 is 0 Å². The summed E-state index contributed by atoms with van der Waals surface area (Å²) >= 11 is 20.5. The van der Waals surface area contributed by atoms with Crippen LogP contribution in [0.5, 0.6) is 23.0 Å². The van der Waals surface area contributed by atoms with Crippen LogP contribution in [0.15, 0.2) is 24.3 Å². The van der Waals surface area contributed by atoms with E-state index in [2.05, 4.69) is 27.9 Å². The zero-order valence-corrected chi connectivity index (χ0v) is 17.3. The minimum atomic E-state index is -0.0992. The van der Waals surface area contributed by atoms with Gasteiger partial charge in [0.15, 0.2) is 23.0 Å². The Morgan fingerprint density at radius 2 is 1.64 bits per heavy atom. The van der Waals surface area contributed by atoms with Gasteiger partial charge in [0.2, 0.25) is 5.91 Å². The highest BCUT2D eigenvalue weighted by atomic mass is 125. The van der Waals surface area contributed by atoms with Gasteiger partial charge in [-0.05, 0) is 23.3 Å². The molecule has 1 amide bonds. The molecular formula is C17H13Cl3INO3. The fraction of sp³-hybridized carbons (Fsp3) is 0.235. The lowest BCUT2D eigenvalue weighted by atomic mass is 10.2. The Hall–Kier alpha value is -0.890. The van der Waals surface area contributed by atoms with Crippen molar-refractivity contribution >= 4 is 69.0 Å². The summed E-state index contributed by atoms with van der Waals surface area (Å²) in [5.74, 6) is 1.55. The molecule has 1 heterocycles. The molecule has 0 radical (unpaired) electrons. The average molecular weight is 511 g/mol. The van der Waals surface area contributed by atoms with Crippen LogP contribution >= 0.6 is 57.4 Å². The third-order valence-electron chi connectivity index (χ3n) is 3.50. The molecule has 0 saturated heterocycles. The van der Waals surface area contributed by atoms with Gasteiger partial charge in [-0.1, -0.05) is 57.4 Å². The largest absolute Gasteiger partial charge is 0.449 e. The second-order valence-corrected chi connectivity index (χ2v) is 7.72. The number of hydrogen-bond donors (Lipinski definition) is 1. The van der Waals surface area contributed by atoms with Crippen LogP contribution in [0.4, 0.5) is 5.69 Å². The molecule has 0 spiro atoms. The van der Waals surface area contributed by atoms with E-state index in [1.807, 2.05) is 0 Å². The lowest BCUT2D eigenvalue weighted by Gasteiger charge is -2.23. The molecule has 2 aromatic rings. The van der Waals surface area contributed by atoms with Gasteiger partial charge < -0.3 is 14.8 Å². The lowest BCUT2D eigenvalue weighted by molar-refractivity contribution is -0.116. The minimum Gasteiger partial charge on any atom is -0.449 e. The van der Waals surface area contributed by atoms with E-state index in [0.717, 1.165) is 17.3 Å². The van der Waals surface area contributed by atoms with Gasteiger partial charge >= 0.3 is 0 Å². The number of carbonyl (C=O) groups excluding carboxylic acids is 1. The number of benzene rings is 2. The van der Waals surface area contributed by atoms with Crippen LogP contribution in [-0.2, 0) is 4.79 Å². The molecule has 1 aliphatic rings. The van der Waals surface area contributed by atoms with Gasteiger partial charge in [-0.15, -0.1) is 0 Å². The summed E-state index contributed by atoms with van der Waals surface area (Å²) in [6, 6.07) is 6.39. The summed E-state index contributed by atoms with van der Waals surface area (Å²) in [7, 11) is 0. The summed E-state index contributed by atoms with van der Waals surface area (Å²) in [4.78, 5) is 12.1. The Labute approximate surface area is 173 Å². The molecule has 0 saturated carbocycles. The molecule has 0 bridgehead atoms. The van der Waals surface area contributed by atoms with Crippen LogP contribution in [0.25, 0.3) is 0 Å². The number of fused-ring (bicyclic) bond motifs is 2. The Morgan fingerprint density at radius 3 is 2.32 bits per heavy atom. The van der Waals surface area contributed by atoms with Crippen LogP contribution in [0.1, 0.15) is 19.3 Å². The van der Waals surface area contributed by atoms with E-state index in [1.165, 1.54) is 0 Å². The molecule has 0 unspecified atom stereocenters. The Bertz CT molecular complexity index is 829. The van der Waals surface area contributed by atoms with Crippen LogP contribution in [-0.4, -0.2) is 10.3 Å². The Morgan fingerprint density at radius 1 is 0.960 bits per heavy atom. The zero-order chi connectivity index (χ0) is 18.0. The third kappa shape index (κ3) is 4.45. The van der Waals surface area contributed by atoms with Gasteiger partial charge in [0.05, 0.1) is 15.7 Å². The number of nitrogens with one attached hydrogen (secondary N) is 1. The predicted molar refractivity (Wildman–Crippen MR) is 109 cm³/mol. The van der Waals surface area contributed by atoms with Gasteiger partial charge in [0.25, 0.3) is 0 Å². The first-order chi connectivity index (χ1) is 12.0. The van der Waals surface area contributed by atoms with Crippen molar-refractivity contribution in [2.45, 2.75) is 19.3 Å². The number of alkyl halides is 1. The Balaban J connectivity index is 1.87. The van der Waals surface area contributed by atoms with E-state index in [4.69, 9.17) is 44.3 Å². The van der Waals surface area contributed by atoms with Crippen LogP contribution in [0.2, 0.25) is 15.1 Å². The number of anilines is 1. The van der Waals surface area contributed by atoms with Crippen molar-refractivity contribution in [2.75, 3.05) is 9.74 Å². The third-order valence-corrected chi connectivity index (χ3v) is 5.20. The van der Waals surface area contributed by atoms with Crippen molar-refractivity contribution in [1.82, 2.24) is 0 Å². The zero-order valence-electron chi connectivity index (χ0n) is 12.9. The number of hydrogen-bond acceptors (Lipinski definition) is 3. The highest BCUT2D eigenvalue weighted by molar-refractivity contribution is 14.1. The van der Waals surface area contributed by atoms with E-state index in [9.17, 15) is 4.79 Å². The topological polar surface area (TPSA) is 47.6 Å². The second kappa shape index (κ2) is 8.20. The maximum atomic E-state index is 12.1. The quantitative estimate of drug-likeness (QED) is 0.227. The molecule has 3 rings (SSSR count). The molecule has 25 heavy (non-hydrogen) atoms. The summed E-state index contributed by atoms with van der Waals surface area (Å²) in [5, 5.41) is 3.97. The molecule has 2 aromatic carbocycles. The smallest absolute Gasteiger partial charge is 0.224 e. The summed E-state index contributed by atoms with van der Waals surface area (Å²) in [5.41, 5.74) is 0.457. The molecule has 8 heteroatoms. The lowest BCUT2D eigenvalue weighted by Crippen LogP contribution is -2.13. The van der Waals surface area contributed by atoms with Crippen molar-refractivity contribution in [3.8, 4) is 23.0 Å². The van der Waals surface area contributed by atoms with Crippen LogP contribution in [0, 0.1) is 0 Å². The summed E-state index contributed by atoms with van der Waals surface area (Å²) in [6.07, 6.45) is 2.25. The number of halogens is 4. The first-order valence-electron chi connectivity index (χ1n) is 7.52. The molecule has 0 aromatic heterocycles. The first kappa shape index (κ1) is 18.9. The molecule has 0 aliphatic carbocycles. The molecule has 1 N–H and O–H groups in total. The van der Waals surface area contributed by atoms with E-state index < -0.39 is 0 Å². The highest BCUT2D eigenvalue weighted by Gasteiger charge is 2.25. The predicted octanol–water partition coefficient (Wildman–Crippen LogP) is 7.09. The molecule has 0 fully saturated rings. The highest BCUT2D eigenvalue weighted by Crippen LogP contribution is 2.51. The summed E-state index contributed by atoms with van der Waals surface area (Å²) < 4.78 is 12.7. The number of unbranched alkanes of at least 4 members (excludes halogenated alkanes) is 1. The average Bonchev–Trinajstić information content (AvgIpc) is 2.55.